The maximum Gasteiger partial charge on any atom is 0.373 e. The second-order valence-corrected chi connectivity index (χ2v) is 5.11. The van der Waals surface area contributed by atoms with Crippen molar-refractivity contribution in [3.63, 3.8) is 0 Å². The molecule has 4 heteroatoms. The van der Waals surface area contributed by atoms with Crippen molar-refractivity contribution in [1.29, 1.82) is 0 Å². The minimum absolute atomic E-state index is 0.117. The lowest BCUT2D eigenvalue weighted by Crippen LogP contribution is -2.24. The van der Waals surface area contributed by atoms with Gasteiger partial charge in [0.05, 0.1) is 13.2 Å². The predicted octanol–water partition coefficient (Wildman–Crippen LogP) is 2.52. The second-order valence-electron chi connectivity index (χ2n) is 5.11. The highest BCUT2D eigenvalue weighted by atomic mass is 16.5. The van der Waals surface area contributed by atoms with Crippen LogP contribution in [0.2, 0.25) is 0 Å². The zero-order valence-electron chi connectivity index (χ0n) is 10.6. The molecule has 0 saturated heterocycles. The average Bonchev–Trinajstić information content (AvgIpc) is 2.87. The summed E-state index contributed by atoms with van der Waals surface area (Å²) in [5, 5.41) is 3.43. The maximum absolute atomic E-state index is 11.2. The van der Waals surface area contributed by atoms with Crippen LogP contribution in [0, 0.1) is 5.41 Å². The Bertz CT molecular complexity index is 407. The Labute approximate surface area is 101 Å². The van der Waals surface area contributed by atoms with Crippen LogP contribution in [0.1, 0.15) is 49.0 Å². The molecular formula is C13H19NO3. The summed E-state index contributed by atoms with van der Waals surface area (Å²) in [5.74, 6) is 0.598. The molecule has 17 heavy (non-hydrogen) atoms. The van der Waals surface area contributed by atoms with E-state index in [2.05, 4.69) is 17.0 Å². The monoisotopic (exact) mass is 237 g/mol. The van der Waals surface area contributed by atoms with Crippen LogP contribution < -0.4 is 5.32 Å². The topological polar surface area (TPSA) is 51.5 Å². The number of carbonyl (C=O) groups excluding carboxylic acids is 1. The number of hydrogen-bond acceptors (Lipinski definition) is 4. The Kier molecular flexibility index (Phi) is 3.24. The molecule has 0 aliphatic heterocycles. The smallest absolute Gasteiger partial charge is 0.373 e. The Morgan fingerprint density at radius 2 is 2.29 bits per heavy atom. The fraction of sp³-hybridized carbons (Fsp3) is 0.615. The van der Waals surface area contributed by atoms with Crippen LogP contribution in [0.15, 0.2) is 16.5 Å². The summed E-state index contributed by atoms with van der Waals surface area (Å²) in [6.07, 6.45) is 2.58. The van der Waals surface area contributed by atoms with Gasteiger partial charge in [-0.1, -0.05) is 6.92 Å². The lowest BCUT2D eigenvalue weighted by Gasteiger charge is -2.14. The molecule has 1 aromatic rings. The third kappa shape index (κ3) is 2.88. The Balaban J connectivity index is 1.92. The van der Waals surface area contributed by atoms with Crippen molar-refractivity contribution >= 4 is 5.97 Å². The van der Waals surface area contributed by atoms with Crippen molar-refractivity contribution in [2.45, 2.75) is 32.7 Å². The highest BCUT2D eigenvalue weighted by molar-refractivity contribution is 5.86. The van der Waals surface area contributed by atoms with Crippen molar-refractivity contribution in [1.82, 2.24) is 5.32 Å². The minimum atomic E-state index is -0.433. The van der Waals surface area contributed by atoms with E-state index in [0.29, 0.717) is 5.41 Å². The van der Waals surface area contributed by atoms with Gasteiger partial charge in [0.15, 0.2) is 0 Å². The molecular weight excluding hydrogens is 218 g/mol. The van der Waals surface area contributed by atoms with Crippen molar-refractivity contribution in [2.75, 3.05) is 13.7 Å². The first kappa shape index (κ1) is 12.2. The first-order valence-electron chi connectivity index (χ1n) is 5.95. The van der Waals surface area contributed by atoms with Crippen LogP contribution in [0.3, 0.4) is 0 Å². The minimum Gasteiger partial charge on any atom is -0.463 e. The normalized spacial score (nSPS) is 18.8. The first-order valence-corrected chi connectivity index (χ1v) is 5.95. The zero-order valence-corrected chi connectivity index (χ0v) is 10.6. The van der Waals surface area contributed by atoms with E-state index < -0.39 is 5.97 Å². The van der Waals surface area contributed by atoms with Crippen molar-refractivity contribution < 1.29 is 13.9 Å². The standard InChI is InChI=1S/C13H19NO3/c1-9(14-8-13(2)6-7-13)10-4-5-11(17-10)12(15)16-3/h4-5,9,14H,6-8H2,1-3H3. The number of carbonyl (C=O) groups is 1. The lowest BCUT2D eigenvalue weighted by molar-refractivity contribution is 0.0562. The van der Waals surface area contributed by atoms with E-state index in [-0.39, 0.29) is 11.8 Å². The molecule has 1 atom stereocenters. The van der Waals surface area contributed by atoms with E-state index in [1.54, 1.807) is 6.07 Å². The number of rotatable bonds is 5. The van der Waals surface area contributed by atoms with Gasteiger partial charge in [-0.05, 0) is 37.3 Å². The van der Waals surface area contributed by atoms with Gasteiger partial charge < -0.3 is 14.5 Å². The molecule has 0 spiro atoms. The van der Waals surface area contributed by atoms with Crippen molar-refractivity contribution in [3.05, 3.63) is 23.7 Å². The van der Waals surface area contributed by atoms with E-state index in [0.717, 1.165) is 12.3 Å². The van der Waals surface area contributed by atoms with Gasteiger partial charge in [-0.2, -0.15) is 0 Å². The Morgan fingerprint density at radius 3 is 2.88 bits per heavy atom. The Hall–Kier alpha value is -1.29. The van der Waals surface area contributed by atoms with Gasteiger partial charge in [0, 0.05) is 6.54 Å². The average molecular weight is 237 g/mol. The Morgan fingerprint density at radius 1 is 1.59 bits per heavy atom. The van der Waals surface area contributed by atoms with Crippen LogP contribution in [-0.2, 0) is 4.74 Å². The molecule has 4 nitrogen and oxygen atoms in total. The molecule has 1 N–H and O–H groups in total. The molecule has 0 aromatic carbocycles. The SMILES string of the molecule is COC(=O)c1ccc(C(C)NCC2(C)CC2)o1. The molecule has 1 aliphatic carbocycles. The second kappa shape index (κ2) is 4.53. The molecule has 2 rings (SSSR count). The van der Waals surface area contributed by atoms with E-state index in [1.165, 1.54) is 20.0 Å². The molecule has 94 valence electrons. The molecule has 1 unspecified atom stereocenters. The van der Waals surface area contributed by atoms with Crippen molar-refractivity contribution in [2.24, 2.45) is 5.41 Å². The lowest BCUT2D eigenvalue weighted by atomic mass is 10.1. The number of hydrogen-bond donors (Lipinski definition) is 1. The quantitative estimate of drug-likeness (QED) is 0.799. The number of furan rings is 1. The molecule has 1 saturated carbocycles. The van der Waals surface area contributed by atoms with Gasteiger partial charge >= 0.3 is 5.97 Å². The van der Waals surface area contributed by atoms with Gasteiger partial charge in [-0.25, -0.2) is 4.79 Å². The third-order valence-corrected chi connectivity index (χ3v) is 3.38. The van der Waals surface area contributed by atoms with Gasteiger partial charge in [0.2, 0.25) is 5.76 Å². The predicted molar refractivity (Wildman–Crippen MR) is 63.8 cm³/mol. The summed E-state index contributed by atoms with van der Waals surface area (Å²) in [6.45, 7) is 5.29. The van der Waals surface area contributed by atoms with Crippen LogP contribution >= 0.6 is 0 Å². The van der Waals surface area contributed by atoms with E-state index in [4.69, 9.17) is 4.42 Å². The summed E-state index contributed by atoms with van der Waals surface area (Å²) in [5.41, 5.74) is 0.464. The molecule has 0 bridgehead atoms. The summed E-state index contributed by atoms with van der Waals surface area (Å²) in [4.78, 5) is 11.2. The highest BCUT2D eigenvalue weighted by Crippen LogP contribution is 2.44. The van der Waals surface area contributed by atoms with E-state index >= 15 is 0 Å². The van der Waals surface area contributed by atoms with Crippen LogP contribution in [0.4, 0.5) is 0 Å². The fourth-order valence-corrected chi connectivity index (χ4v) is 1.69. The summed E-state index contributed by atoms with van der Waals surface area (Å²) in [6, 6.07) is 3.59. The molecule has 0 amide bonds. The van der Waals surface area contributed by atoms with E-state index in [1.807, 2.05) is 13.0 Å². The van der Waals surface area contributed by atoms with Gasteiger partial charge in [-0.15, -0.1) is 0 Å². The number of esters is 1. The van der Waals surface area contributed by atoms with Crippen LogP contribution in [-0.4, -0.2) is 19.6 Å². The van der Waals surface area contributed by atoms with E-state index in [9.17, 15) is 4.79 Å². The number of methoxy groups -OCH3 is 1. The van der Waals surface area contributed by atoms with Crippen LogP contribution in [0.5, 0.6) is 0 Å². The number of nitrogens with one attached hydrogen (secondary N) is 1. The maximum atomic E-state index is 11.2. The molecule has 1 heterocycles. The molecule has 1 fully saturated rings. The van der Waals surface area contributed by atoms with Crippen LogP contribution in [0.25, 0.3) is 0 Å². The molecule has 0 radical (unpaired) electrons. The molecule has 1 aromatic heterocycles. The third-order valence-electron chi connectivity index (χ3n) is 3.38. The largest absolute Gasteiger partial charge is 0.463 e. The van der Waals surface area contributed by atoms with Gasteiger partial charge in [0.1, 0.15) is 5.76 Å². The summed E-state index contributed by atoms with van der Waals surface area (Å²) < 4.78 is 10.0. The number of ether oxygens (including phenoxy) is 1. The molecule has 1 aliphatic rings. The fourth-order valence-electron chi connectivity index (χ4n) is 1.69. The first-order chi connectivity index (χ1) is 8.04. The highest BCUT2D eigenvalue weighted by Gasteiger charge is 2.37. The zero-order chi connectivity index (χ0) is 12.5. The summed E-state index contributed by atoms with van der Waals surface area (Å²) >= 11 is 0. The van der Waals surface area contributed by atoms with Gasteiger partial charge in [-0.3, -0.25) is 0 Å². The van der Waals surface area contributed by atoms with Gasteiger partial charge in [0.25, 0.3) is 0 Å². The summed E-state index contributed by atoms with van der Waals surface area (Å²) in [7, 11) is 1.35. The van der Waals surface area contributed by atoms with Crippen molar-refractivity contribution in [3.8, 4) is 0 Å².